The number of benzene rings is 2. The number of fused-ring (bicyclic) bond motifs is 2. The molecular weight excluding hydrogens is 404 g/mol. The number of aromatic nitrogens is 4. The molecule has 0 fully saturated rings. The van der Waals surface area contributed by atoms with Gasteiger partial charge in [-0.1, -0.05) is 23.7 Å². The van der Waals surface area contributed by atoms with Crippen molar-refractivity contribution in [2.75, 3.05) is 0 Å². The number of H-pyrrole nitrogens is 1. The highest BCUT2D eigenvalue weighted by Gasteiger charge is 2.17. The summed E-state index contributed by atoms with van der Waals surface area (Å²) < 4.78 is 7.64. The number of aryl methyl sites for hydroxylation is 1. The summed E-state index contributed by atoms with van der Waals surface area (Å²) in [4.78, 5) is 19.0. The van der Waals surface area contributed by atoms with Crippen molar-refractivity contribution in [1.82, 2.24) is 19.7 Å². The number of pyridine rings is 1. The van der Waals surface area contributed by atoms with Crippen LogP contribution in [0.3, 0.4) is 0 Å². The molecule has 3 heterocycles. The van der Waals surface area contributed by atoms with Crippen LogP contribution in [-0.4, -0.2) is 30.8 Å². The van der Waals surface area contributed by atoms with Crippen LogP contribution in [0.1, 0.15) is 10.4 Å². The fourth-order valence-electron chi connectivity index (χ4n) is 3.55. The van der Waals surface area contributed by atoms with Gasteiger partial charge >= 0.3 is 5.97 Å². The van der Waals surface area contributed by atoms with Gasteiger partial charge in [-0.15, -0.1) is 0 Å². The average Bonchev–Trinajstić information content (AvgIpc) is 3.28. The third-order valence-electron chi connectivity index (χ3n) is 4.88. The van der Waals surface area contributed by atoms with Gasteiger partial charge in [-0.25, -0.2) is 4.79 Å². The molecule has 0 atom stereocenters. The highest BCUT2D eigenvalue weighted by molar-refractivity contribution is 6.32. The lowest BCUT2D eigenvalue weighted by Crippen LogP contribution is -1.98. The van der Waals surface area contributed by atoms with E-state index in [1.165, 1.54) is 12.3 Å². The SMILES string of the molecule is Cn1nc2cc(Oc3ccccc3Cl)ccc2c1-c1cc2nccc(C(=O)O)c2[nH]1. The van der Waals surface area contributed by atoms with E-state index in [0.29, 0.717) is 27.6 Å². The first-order chi connectivity index (χ1) is 14.5. The van der Waals surface area contributed by atoms with E-state index in [4.69, 9.17) is 16.3 Å². The van der Waals surface area contributed by atoms with E-state index in [9.17, 15) is 9.90 Å². The highest BCUT2D eigenvalue weighted by atomic mass is 35.5. The van der Waals surface area contributed by atoms with Crippen LogP contribution in [-0.2, 0) is 7.05 Å². The average molecular weight is 419 g/mol. The molecule has 148 valence electrons. The number of ether oxygens (including phenoxy) is 1. The largest absolute Gasteiger partial charge is 0.478 e. The number of nitrogens with one attached hydrogen (secondary N) is 1. The van der Waals surface area contributed by atoms with Gasteiger partial charge in [0.05, 0.1) is 38.5 Å². The van der Waals surface area contributed by atoms with Gasteiger partial charge in [-0.05, 0) is 36.4 Å². The van der Waals surface area contributed by atoms with Gasteiger partial charge in [0.15, 0.2) is 0 Å². The van der Waals surface area contributed by atoms with Crippen molar-refractivity contribution in [2.24, 2.45) is 7.05 Å². The van der Waals surface area contributed by atoms with Gasteiger partial charge < -0.3 is 14.8 Å². The van der Waals surface area contributed by atoms with Crippen molar-refractivity contribution in [2.45, 2.75) is 0 Å². The maximum atomic E-state index is 11.5. The monoisotopic (exact) mass is 418 g/mol. The van der Waals surface area contributed by atoms with Crippen molar-refractivity contribution < 1.29 is 14.6 Å². The smallest absolute Gasteiger partial charge is 0.337 e. The fraction of sp³-hybridized carbons (Fsp3) is 0.0455. The van der Waals surface area contributed by atoms with Gasteiger partial charge in [0.1, 0.15) is 11.5 Å². The maximum absolute atomic E-state index is 11.5. The Bertz CT molecular complexity index is 1440. The Labute approximate surface area is 175 Å². The topological polar surface area (TPSA) is 93.0 Å². The molecular formula is C22H15ClN4O3. The van der Waals surface area contributed by atoms with Crippen LogP contribution >= 0.6 is 11.6 Å². The van der Waals surface area contributed by atoms with Gasteiger partial charge in [0.25, 0.3) is 0 Å². The van der Waals surface area contributed by atoms with Crippen molar-refractivity contribution in [3.63, 3.8) is 0 Å². The Morgan fingerprint density at radius 1 is 1.13 bits per heavy atom. The van der Waals surface area contributed by atoms with Crippen molar-refractivity contribution >= 4 is 39.5 Å². The van der Waals surface area contributed by atoms with E-state index in [-0.39, 0.29) is 5.56 Å². The highest BCUT2D eigenvalue weighted by Crippen LogP contribution is 2.34. The van der Waals surface area contributed by atoms with Crippen molar-refractivity contribution in [1.29, 1.82) is 0 Å². The number of nitrogens with zero attached hydrogens (tertiary/aromatic N) is 3. The third-order valence-corrected chi connectivity index (χ3v) is 5.19. The number of carboxylic acids is 1. The lowest BCUT2D eigenvalue weighted by molar-refractivity contribution is 0.0698. The molecule has 0 aliphatic rings. The van der Waals surface area contributed by atoms with E-state index in [0.717, 1.165) is 22.3 Å². The van der Waals surface area contributed by atoms with Crippen LogP contribution < -0.4 is 4.74 Å². The minimum absolute atomic E-state index is 0.174. The number of hydrogen-bond acceptors (Lipinski definition) is 4. The maximum Gasteiger partial charge on any atom is 0.337 e. The molecule has 0 saturated heterocycles. The summed E-state index contributed by atoms with van der Waals surface area (Å²) in [7, 11) is 1.83. The standard InChI is InChI=1S/C22H15ClN4O3/c1-27-21(18-11-17-20(25-18)14(22(28)29)8-9-24-17)13-7-6-12(10-16(13)26-27)30-19-5-3-2-4-15(19)23/h2-11,25H,1H3,(H,28,29). The number of halogens is 1. The second-order valence-corrected chi connectivity index (χ2v) is 7.20. The fourth-order valence-corrected chi connectivity index (χ4v) is 3.72. The molecule has 0 amide bonds. The summed E-state index contributed by atoms with van der Waals surface area (Å²) in [5.41, 5.74) is 3.53. The van der Waals surface area contributed by atoms with Crippen LogP contribution in [0.2, 0.25) is 5.02 Å². The van der Waals surface area contributed by atoms with E-state index in [1.807, 2.05) is 43.4 Å². The molecule has 0 bridgehead atoms. The molecule has 0 aliphatic heterocycles. The molecule has 3 aromatic heterocycles. The van der Waals surface area contributed by atoms with Gasteiger partial charge in [-0.2, -0.15) is 5.10 Å². The number of carbonyl (C=O) groups is 1. The normalized spacial score (nSPS) is 11.3. The molecule has 0 unspecified atom stereocenters. The Morgan fingerprint density at radius 2 is 1.97 bits per heavy atom. The number of aromatic amines is 1. The molecule has 0 aliphatic carbocycles. The Hall–Kier alpha value is -3.84. The number of para-hydroxylation sites is 1. The van der Waals surface area contributed by atoms with Crippen molar-refractivity contribution in [3.05, 3.63) is 71.4 Å². The first kappa shape index (κ1) is 18.2. The summed E-state index contributed by atoms with van der Waals surface area (Å²) in [6, 6.07) is 16.2. The molecule has 7 nitrogen and oxygen atoms in total. The molecule has 8 heteroatoms. The van der Waals surface area contributed by atoms with Crippen LogP contribution in [0.25, 0.3) is 33.3 Å². The predicted molar refractivity (Wildman–Crippen MR) is 114 cm³/mol. The number of aromatic carboxylic acids is 1. The second kappa shape index (κ2) is 6.89. The Kier molecular flexibility index (Phi) is 4.18. The number of hydrogen-bond donors (Lipinski definition) is 2. The number of rotatable bonds is 4. The summed E-state index contributed by atoms with van der Waals surface area (Å²) in [5, 5.41) is 15.4. The molecule has 0 spiro atoms. The Morgan fingerprint density at radius 3 is 2.77 bits per heavy atom. The molecule has 5 rings (SSSR count). The molecule has 2 aromatic carbocycles. The van der Waals surface area contributed by atoms with Crippen LogP contribution in [0.15, 0.2) is 60.8 Å². The molecule has 0 saturated carbocycles. The first-order valence-electron chi connectivity index (χ1n) is 9.12. The van der Waals surface area contributed by atoms with Crippen molar-refractivity contribution in [3.8, 4) is 22.9 Å². The summed E-state index contributed by atoms with van der Waals surface area (Å²) >= 11 is 6.18. The van der Waals surface area contributed by atoms with E-state index >= 15 is 0 Å². The quantitative estimate of drug-likeness (QED) is 0.415. The zero-order chi connectivity index (χ0) is 20.8. The third kappa shape index (κ3) is 2.96. The minimum Gasteiger partial charge on any atom is -0.478 e. The molecule has 0 radical (unpaired) electrons. The summed E-state index contributed by atoms with van der Waals surface area (Å²) in [6.07, 6.45) is 1.49. The molecule has 5 aromatic rings. The van der Waals surface area contributed by atoms with Gasteiger partial charge in [0, 0.05) is 24.7 Å². The zero-order valence-electron chi connectivity index (χ0n) is 15.8. The molecule has 30 heavy (non-hydrogen) atoms. The molecule has 2 N–H and O–H groups in total. The second-order valence-electron chi connectivity index (χ2n) is 6.79. The lowest BCUT2D eigenvalue weighted by Gasteiger charge is -2.07. The van der Waals surface area contributed by atoms with E-state index < -0.39 is 5.97 Å². The lowest BCUT2D eigenvalue weighted by atomic mass is 10.1. The zero-order valence-corrected chi connectivity index (χ0v) is 16.5. The van der Waals surface area contributed by atoms with Crippen LogP contribution in [0.5, 0.6) is 11.5 Å². The first-order valence-corrected chi connectivity index (χ1v) is 9.49. The van der Waals surface area contributed by atoms with E-state index in [1.54, 1.807) is 16.8 Å². The number of carboxylic acid groups (broad SMARTS) is 1. The minimum atomic E-state index is -1.01. The summed E-state index contributed by atoms with van der Waals surface area (Å²) in [5.74, 6) is 0.177. The van der Waals surface area contributed by atoms with Gasteiger partial charge in [0.2, 0.25) is 0 Å². The van der Waals surface area contributed by atoms with Gasteiger partial charge in [-0.3, -0.25) is 9.67 Å². The van der Waals surface area contributed by atoms with E-state index in [2.05, 4.69) is 15.1 Å². The van der Waals surface area contributed by atoms with Crippen LogP contribution in [0, 0.1) is 0 Å². The summed E-state index contributed by atoms with van der Waals surface area (Å²) in [6.45, 7) is 0. The Balaban J connectivity index is 1.60. The van der Waals surface area contributed by atoms with Crippen LogP contribution in [0.4, 0.5) is 0 Å². The predicted octanol–water partition coefficient (Wildman–Crippen LogP) is 5.26.